The van der Waals surface area contributed by atoms with E-state index in [0.29, 0.717) is 10.6 Å². The monoisotopic (exact) mass is 282 g/mol. The van der Waals surface area contributed by atoms with E-state index in [2.05, 4.69) is 10.1 Å². The van der Waals surface area contributed by atoms with Crippen molar-refractivity contribution in [3.05, 3.63) is 46.7 Å². The highest BCUT2D eigenvalue weighted by Gasteiger charge is 2.15. The minimum Gasteiger partial charge on any atom is -0.464 e. The van der Waals surface area contributed by atoms with Crippen molar-refractivity contribution in [1.82, 2.24) is 10.2 Å². The topological polar surface area (TPSA) is 58.6 Å². The number of halogens is 1. The quantitative estimate of drug-likeness (QED) is 0.674. The lowest BCUT2D eigenvalue weighted by Gasteiger charge is -2.11. The molecule has 0 saturated carbocycles. The zero-order valence-corrected chi connectivity index (χ0v) is 11.7. The highest BCUT2D eigenvalue weighted by molar-refractivity contribution is 6.30. The molecule has 0 aliphatic heterocycles. The van der Waals surface area contributed by atoms with E-state index in [1.54, 1.807) is 43.3 Å². The lowest BCUT2D eigenvalue weighted by molar-refractivity contribution is -0.136. The Morgan fingerprint density at radius 2 is 1.84 bits per heavy atom. The Hall–Kier alpha value is -2.01. The molecule has 5 nitrogen and oxygen atoms in total. The predicted molar refractivity (Wildman–Crippen MR) is 72.7 cm³/mol. The third kappa shape index (κ3) is 4.63. The maximum Gasteiger partial charge on any atom is 0.356 e. The van der Waals surface area contributed by atoms with Gasteiger partial charge in [0.2, 0.25) is 0 Å². The van der Waals surface area contributed by atoms with Crippen LogP contribution in [0.4, 0.5) is 0 Å². The standard InChI is InChI=1S/C13H15ClN2O3/c1-16(2)8-11(13(18)19-3)15-12(17)9-4-6-10(14)7-5-9/h4-8H,1-3H3,(H,15,17)/b11-8+. The molecule has 0 atom stereocenters. The van der Waals surface area contributed by atoms with Crippen LogP contribution >= 0.6 is 11.6 Å². The van der Waals surface area contributed by atoms with Crippen LogP contribution in [0.25, 0.3) is 0 Å². The zero-order valence-electron chi connectivity index (χ0n) is 10.9. The molecule has 1 aromatic carbocycles. The molecule has 1 aromatic rings. The SMILES string of the molecule is COC(=O)/C(=C\N(C)C)NC(=O)c1ccc(Cl)cc1. The second-order valence-corrected chi connectivity index (χ2v) is 4.40. The lowest BCUT2D eigenvalue weighted by Crippen LogP contribution is -2.29. The number of amides is 1. The number of esters is 1. The third-order valence-electron chi connectivity index (χ3n) is 2.15. The van der Waals surface area contributed by atoms with Crippen LogP contribution in [0.3, 0.4) is 0 Å². The van der Waals surface area contributed by atoms with E-state index in [0.717, 1.165) is 0 Å². The first kappa shape index (κ1) is 15.0. The molecule has 0 aliphatic rings. The summed E-state index contributed by atoms with van der Waals surface area (Å²) in [5, 5.41) is 3.03. The van der Waals surface area contributed by atoms with Gasteiger partial charge in [-0.25, -0.2) is 4.79 Å². The molecule has 0 fully saturated rings. The molecule has 102 valence electrons. The Kier molecular flexibility index (Phi) is 5.38. The zero-order chi connectivity index (χ0) is 14.4. The average Bonchev–Trinajstić information content (AvgIpc) is 2.37. The van der Waals surface area contributed by atoms with Crippen molar-refractivity contribution in [2.75, 3.05) is 21.2 Å². The molecule has 0 saturated heterocycles. The molecule has 1 N–H and O–H groups in total. The summed E-state index contributed by atoms with van der Waals surface area (Å²) in [5.74, 6) is -1.02. The predicted octanol–water partition coefficient (Wildman–Crippen LogP) is 1.65. The van der Waals surface area contributed by atoms with Gasteiger partial charge in [-0.15, -0.1) is 0 Å². The summed E-state index contributed by atoms with van der Waals surface area (Å²) in [6.45, 7) is 0. The highest BCUT2D eigenvalue weighted by Crippen LogP contribution is 2.10. The number of methoxy groups -OCH3 is 1. The second-order valence-electron chi connectivity index (χ2n) is 3.96. The van der Waals surface area contributed by atoms with Crippen molar-refractivity contribution in [3.63, 3.8) is 0 Å². The van der Waals surface area contributed by atoms with E-state index in [-0.39, 0.29) is 5.70 Å². The Balaban J connectivity index is 2.88. The van der Waals surface area contributed by atoms with Crippen LogP contribution in [0.15, 0.2) is 36.2 Å². The molecule has 1 rings (SSSR count). The van der Waals surface area contributed by atoms with Crippen molar-refractivity contribution < 1.29 is 14.3 Å². The molecule has 0 bridgehead atoms. The minimum absolute atomic E-state index is 0.0625. The average molecular weight is 283 g/mol. The van der Waals surface area contributed by atoms with Crippen molar-refractivity contribution in [2.45, 2.75) is 0 Å². The van der Waals surface area contributed by atoms with E-state index >= 15 is 0 Å². The summed E-state index contributed by atoms with van der Waals surface area (Å²) in [6, 6.07) is 6.35. The minimum atomic E-state index is -0.615. The molecule has 0 aromatic heterocycles. The van der Waals surface area contributed by atoms with E-state index in [9.17, 15) is 9.59 Å². The van der Waals surface area contributed by atoms with Crippen molar-refractivity contribution >= 4 is 23.5 Å². The van der Waals surface area contributed by atoms with Crippen molar-refractivity contribution in [3.8, 4) is 0 Å². The van der Waals surface area contributed by atoms with Crippen molar-refractivity contribution in [1.29, 1.82) is 0 Å². The molecule has 0 unspecified atom stereocenters. The number of nitrogens with zero attached hydrogens (tertiary/aromatic N) is 1. The summed E-state index contributed by atoms with van der Waals surface area (Å²) in [7, 11) is 4.72. The molecular weight excluding hydrogens is 268 g/mol. The molecule has 0 aliphatic carbocycles. The van der Waals surface area contributed by atoms with Crippen LogP contribution in [-0.4, -0.2) is 38.0 Å². The van der Waals surface area contributed by atoms with Crippen LogP contribution in [0, 0.1) is 0 Å². The van der Waals surface area contributed by atoms with Gasteiger partial charge in [-0.3, -0.25) is 4.79 Å². The van der Waals surface area contributed by atoms with Crippen LogP contribution in [-0.2, 0) is 9.53 Å². The summed E-state index contributed by atoms with van der Waals surface area (Å²) < 4.78 is 4.60. The first-order valence-corrected chi connectivity index (χ1v) is 5.85. The number of carbonyl (C=O) groups is 2. The Morgan fingerprint density at radius 3 is 2.32 bits per heavy atom. The van der Waals surface area contributed by atoms with Gasteiger partial charge in [0.15, 0.2) is 0 Å². The van der Waals surface area contributed by atoms with Gasteiger partial charge in [0.1, 0.15) is 5.70 Å². The van der Waals surface area contributed by atoms with Gasteiger partial charge in [0, 0.05) is 30.9 Å². The molecular formula is C13H15ClN2O3. The summed E-state index contributed by atoms with van der Waals surface area (Å²) in [6.07, 6.45) is 1.47. The van der Waals surface area contributed by atoms with Gasteiger partial charge in [0.05, 0.1) is 7.11 Å². The summed E-state index contributed by atoms with van der Waals surface area (Å²) >= 11 is 5.74. The fraction of sp³-hybridized carbons (Fsp3) is 0.231. The highest BCUT2D eigenvalue weighted by atomic mass is 35.5. The molecule has 19 heavy (non-hydrogen) atoms. The third-order valence-corrected chi connectivity index (χ3v) is 2.40. The van der Waals surface area contributed by atoms with Crippen LogP contribution in [0.2, 0.25) is 5.02 Å². The Morgan fingerprint density at radius 1 is 1.26 bits per heavy atom. The normalized spacial score (nSPS) is 10.8. The fourth-order valence-electron chi connectivity index (χ4n) is 1.30. The molecule has 0 radical (unpaired) electrons. The molecule has 1 amide bonds. The summed E-state index contributed by atoms with van der Waals surface area (Å²) in [5.41, 5.74) is 0.463. The summed E-state index contributed by atoms with van der Waals surface area (Å²) in [4.78, 5) is 25.1. The van der Waals surface area contributed by atoms with Crippen LogP contribution in [0.5, 0.6) is 0 Å². The van der Waals surface area contributed by atoms with Gasteiger partial charge in [-0.2, -0.15) is 0 Å². The van der Waals surface area contributed by atoms with Gasteiger partial charge in [-0.1, -0.05) is 11.6 Å². The Bertz CT molecular complexity index is 495. The molecule has 0 heterocycles. The molecule has 0 spiro atoms. The first-order valence-electron chi connectivity index (χ1n) is 5.47. The smallest absolute Gasteiger partial charge is 0.356 e. The lowest BCUT2D eigenvalue weighted by atomic mass is 10.2. The van der Waals surface area contributed by atoms with E-state index in [4.69, 9.17) is 11.6 Å². The maximum absolute atomic E-state index is 11.9. The van der Waals surface area contributed by atoms with Crippen LogP contribution < -0.4 is 5.32 Å². The van der Waals surface area contributed by atoms with Crippen LogP contribution in [0.1, 0.15) is 10.4 Å². The number of benzene rings is 1. The Labute approximate surface area is 116 Å². The fourth-order valence-corrected chi connectivity index (χ4v) is 1.43. The van der Waals surface area contributed by atoms with E-state index in [1.165, 1.54) is 13.3 Å². The van der Waals surface area contributed by atoms with Gasteiger partial charge >= 0.3 is 5.97 Å². The van der Waals surface area contributed by atoms with Gasteiger partial charge in [-0.05, 0) is 24.3 Å². The second kappa shape index (κ2) is 6.80. The molecule has 6 heteroatoms. The first-order chi connectivity index (χ1) is 8.93. The number of carbonyl (C=O) groups excluding carboxylic acids is 2. The van der Waals surface area contributed by atoms with Gasteiger partial charge < -0.3 is 15.0 Å². The van der Waals surface area contributed by atoms with E-state index < -0.39 is 11.9 Å². The number of ether oxygens (including phenoxy) is 1. The number of nitrogens with one attached hydrogen (secondary N) is 1. The number of rotatable bonds is 4. The maximum atomic E-state index is 11.9. The van der Waals surface area contributed by atoms with E-state index in [1.807, 2.05) is 0 Å². The number of hydrogen-bond donors (Lipinski definition) is 1. The largest absolute Gasteiger partial charge is 0.464 e. The van der Waals surface area contributed by atoms with Crippen molar-refractivity contribution in [2.24, 2.45) is 0 Å². The van der Waals surface area contributed by atoms with Gasteiger partial charge in [0.25, 0.3) is 5.91 Å². The number of hydrogen-bond acceptors (Lipinski definition) is 4.